The number of hydrogen-bond acceptors (Lipinski definition) is 5. The lowest BCUT2D eigenvalue weighted by Crippen LogP contribution is -2.49. The number of carbonyl (C=O) groups excluding carboxylic acids is 1. The number of carboxylic acid groups (broad SMARTS) is 1. The molecule has 0 fully saturated rings. The van der Waals surface area contributed by atoms with Crippen molar-refractivity contribution in [3.63, 3.8) is 0 Å². The molecule has 0 unspecified atom stereocenters. The van der Waals surface area contributed by atoms with E-state index < -0.39 is 26.4 Å². The molecule has 1 aliphatic carbocycles. The molecule has 0 saturated heterocycles. The second kappa shape index (κ2) is 12.9. The van der Waals surface area contributed by atoms with E-state index in [0.29, 0.717) is 6.54 Å². The maximum atomic E-state index is 12.8. The summed E-state index contributed by atoms with van der Waals surface area (Å²) in [5.41, 5.74) is 6.79. The number of benzene rings is 3. The van der Waals surface area contributed by atoms with Crippen molar-refractivity contribution in [2.75, 3.05) is 6.61 Å². The van der Waals surface area contributed by atoms with Gasteiger partial charge in [0.2, 0.25) is 0 Å². The molecule has 1 aliphatic rings. The van der Waals surface area contributed by atoms with E-state index in [1.807, 2.05) is 77.7 Å². The van der Waals surface area contributed by atoms with Crippen LogP contribution in [-0.4, -0.2) is 53.5 Å². The molecular weight excluding hydrogens is 595 g/mol. The van der Waals surface area contributed by atoms with Gasteiger partial charge in [-0.3, -0.25) is 4.68 Å². The number of rotatable bonds is 11. The van der Waals surface area contributed by atoms with E-state index in [-0.39, 0.29) is 29.6 Å². The molecule has 0 saturated carbocycles. The number of carboxylic acids is 1. The summed E-state index contributed by atoms with van der Waals surface area (Å²) >= 11 is 0. The summed E-state index contributed by atoms with van der Waals surface area (Å²) < 4.78 is 14.2. The van der Waals surface area contributed by atoms with Gasteiger partial charge in [0.05, 0.1) is 18.3 Å². The third kappa shape index (κ3) is 7.42. The Kier molecular flexibility index (Phi) is 9.29. The Morgan fingerprint density at radius 2 is 1.50 bits per heavy atom. The average Bonchev–Trinajstić information content (AvgIpc) is 3.57. The van der Waals surface area contributed by atoms with Crippen LogP contribution in [0, 0.1) is 0 Å². The molecule has 0 radical (unpaired) electrons. The second-order valence-corrected chi connectivity index (χ2v) is 19.0. The molecule has 2 N–H and O–H groups in total. The second-order valence-electron chi connectivity index (χ2n) is 14.3. The number of alkyl carbamates (subject to hydrolysis) is 1. The van der Waals surface area contributed by atoms with Crippen LogP contribution in [-0.2, 0) is 26.9 Å². The molecule has 8 nitrogen and oxygen atoms in total. The lowest BCUT2D eigenvalue weighted by Gasteiger charge is -2.42. The lowest BCUT2D eigenvalue weighted by molar-refractivity contribution is -0.139. The lowest BCUT2D eigenvalue weighted by atomic mass is 9.98. The molecular formula is C37H45N3O5Si. The molecule has 9 heteroatoms. The Morgan fingerprint density at radius 3 is 2.07 bits per heavy atom. The van der Waals surface area contributed by atoms with E-state index in [2.05, 4.69) is 70.3 Å². The van der Waals surface area contributed by atoms with Crippen molar-refractivity contribution in [2.24, 2.45) is 0 Å². The standard InChI is InChI=1S/C37H45N3O5Si/c1-36(2,3)46(6,7)45-37(4,5)24-40-22-27(21-38-40)26-18-16-25(17-19-26)20-33(34(41)42)39-35(43)44-23-32-30-14-10-8-12-28(30)29-13-9-11-15-31(29)32/h8-19,21-22,32-33H,20,23-24H2,1-7H3,(H,39,43)(H,41,42)/t33-/m0/s1. The Balaban J connectivity index is 1.18. The van der Waals surface area contributed by atoms with E-state index in [9.17, 15) is 14.7 Å². The first-order valence-corrected chi connectivity index (χ1v) is 18.7. The fraction of sp³-hybridized carbons (Fsp3) is 0.378. The smallest absolute Gasteiger partial charge is 0.407 e. The molecule has 5 rings (SSSR count). The monoisotopic (exact) mass is 639 g/mol. The third-order valence-corrected chi connectivity index (χ3v) is 13.8. The average molecular weight is 640 g/mol. The normalized spacial score (nSPS) is 14.0. The number of carbonyl (C=O) groups is 2. The van der Waals surface area contributed by atoms with Crippen molar-refractivity contribution >= 4 is 20.4 Å². The summed E-state index contributed by atoms with van der Waals surface area (Å²) in [6.45, 7) is 16.2. The minimum atomic E-state index is -1.94. The third-order valence-electron chi connectivity index (χ3n) is 9.17. The number of aliphatic carboxylic acids is 1. The van der Waals surface area contributed by atoms with Gasteiger partial charge < -0.3 is 19.6 Å². The first kappa shape index (κ1) is 33.2. The van der Waals surface area contributed by atoms with Crippen LogP contribution >= 0.6 is 0 Å². The Morgan fingerprint density at radius 1 is 0.913 bits per heavy atom. The zero-order chi connectivity index (χ0) is 33.3. The van der Waals surface area contributed by atoms with Gasteiger partial charge in [-0.2, -0.15) is 5.10 Å². The number of nitrogens with one attached hydrogen (secondary N) is 1. The van der Waals surface area contributed by atoms with Crippen molar-refractivity contribution in [1.82, 2.24) is 15.1 Å². The van der Waals surface area contributed by atoms with Gasteiger partial charge in [0, 0.05) is 24.1 Å². The highest BCUT2D eigenvalue weighted by Gasteiger charge is 2.41. The molecule has 46 heavy (non-hydrogen) atoms. The maximum Gasteiger partial charge on any atom is 0.407 e. The van der Waals surface area contributed by atoms with Crippen molar-refractivity contribution in [3.05, 3.63) is 102 Å². The van der Waals surface area contributed by atoms with Crippen LogP contribution in [0.4, 0.5) is 4.79 Å². The van der Waals surface area contributed by atoms with Gasteiger partial charge in [0.15, 0.2) is 8.32 Å². The highest BCUT2D eigenvalue weighted by molar-refractivity contribution is 6.74. The van der Waals surface area contributed by atoms with E-state index in [1.165, 1.54) is 0 Å². The molecule has 0 bridgehead atoms. The fourth-order valence-corrected chi connectivity index (χ4v) is 7.67. The van der Waals surface area contributed by atoms with Crippen LogP contribution in [0.3, 0.4) is 0 Å². The Bertz CT molecular complexity index is 1660. The Labute approximate surface area is 272 Å². The predicted octanol–water partition coefficient (Wildman–Crippen LogP) is 7.88. The molecule has 0 spiro atoms. The molecule has 0 aliphatic heterocycles. The summed E-state index contributed by atoms with van der Waals surface area (Å²) in [5.74, 6) is -1.23. The summed E-state index contributed by atoms with van der Waals surface area (Å²) in [7, 11) is -1.94. The number of ether oxygens (including phenoxy) is 1. The first-order valence-electron chi connectivity index (χ1n) is 15.8. The van der Waals surface area contributed by atoms with Crippen molar-refractivity contribution in [2.45, 2.75) is 83.3 Å². The molecule has 242 valence electrons. The van der Waals surface area contributed by atoms with Gasteiger partial charge in [-0.05, 0) is 65.4 Å². The minimum Gasteiger partial charge on any atom is -0.480 e. The number of nitrogens with zero attached hydrogens (tertiary/aromatic N) is 2. The van der Waals surface area contributed by atoms with Crippen molar-refractivity contribution < 1.29 is 23.9 Å². The summed E-state index contributed by atoms with van der Waals surface area (Å²) in [6, 6.07) is 22.7. The van der Waals surface area contributed by atoms with E-state index in [4.69, 9.17) is 9.16 Å². The number of hydrogen-bond donors (Lipinski definition) is 2. The largest absolute Gasteiger partial charge is 0.480 e. The molecule has 3 aromatic carbocycles. The van der Waals surface area contributed by atoms with Gasteiger partial charge >= 0.3 is 12.1 Å². The van der Waals surface area contributed by atoms with Gasteiger partial charge in [-0.25, -0.2) is 9.59 Å². The minimum absolute atomic E-state index is 0.103. The predicted molar refractivity (Wildman–Crippen MR) is 183 cm³/mol. The topological polar surface area (TPSA) is 103 Å². The van der Waals surface area contributed by atoms with Crippen LogP contribution in [0.25, 0.3) is 22.3 Å². The van der Waals surface area contributed by atoms with Gasteiger partial charge in [0.25, 0.3) is 0 Å². The van der Waals surface area contributed by atoms with Crippen LogP contribution in [0.2, 0.25) is 18.1 Å². The SMILES string of the molecule is CC(C)(Cn1cc(-c2ccc(C[C@H](NC(=O)OCC3c4ccccc4-c4ccccc43)C(=O)O)cc2)cn1)O[Si](C)(C)C(C)(C)C. The number of amides is 1. The number of fused-ring (bicyclic) bond motifs is 3. The molecule has 1 aromatic heterocycles. The van der Waals surface area contributed by atoms with Crippen molar-refractivity contribution in [3.8, 4) is 22.3 Å². The summed E-state index contributed by atoms with van der Waals surface area (Å²) in [4.78, 5) is 24.9. The van der Waals surface area contributed by atoms with Crippen LogP contribution in [0.15, 0.2) is 85.2 Å². The zero-order valence-electron chi connectivity index (χ0n) is 27.8. The van der Waals surface area contributed by atoms with E-state index in [1.54, 1.807) is 0 Å². The molecule has 4 aromatic rings. The van der Waals surface area contributed by atoms with Gasteiger partial charge in [-0.15, -0.1) is 0 Å². The highest BCUT2D eigenvalue weighted by Crippen LogP contribution is 2.44. The molecule has 1 amide bonds. The van der Waals surface area contributed by atoms with Gasteiger partial charge in [-0.1, -0.05) is 93.6 Å². The van der Waals surface area contributed by atoms with Gasteiger partial charge in [0.1, 0.15) is 12.6 Å². The zero-order valence-corrected chi connectivity index (χ0v) is 28.8. The summed E-state index contributed by atoms with van der Waals surface area (Å²) in [6.07, 6.45) is 3.21. The highest BCUT2D eigenvalue weighted by atomic mass is 28.4. The van der Waals surface area contributed by atoms with Crippen LogP contribution in [0.5, 0.6) is 0 Å². The van der Waals surface area contributed by atoms with E-state index in [0.717, 1.165) is 38.9 Å². The molecule has 1 atom stereocenters. The maximum absolute atomic E-state index is 12.8. The van der Waals surface area contributed by atoms with E-state index >= 15 is 0 Å². The number of aromatic nitrogens is 2. The first-order chi connectivity index (χ1) is 21.6. The molecule has 1 heterocycles. The quantitative estimate of drug-likeness (QED) is 0.162. The Hall–Kier alpha value is -4.21. The fourth-order valence-electron chi connectivity index (χ4n) is 5.92. The van der Waals surface area contributed by atoms with Crippen LogP contribution in [0.1, 0.15) is 57.2 Å². The van der Waals surface area contributed by atoms with Crippen molar-refractivity contribution in [1.29, 1.82) is 0 Å². The summed E-state index contributed by atoms with van der Waals surface area (Å²) in [5, 5.41) is 17.1. The van der Waals surface area contributed by atoms with Crippen LogP contribution < -0.4 is 5.32 Å².